The summed E-state index contributed by atoms with van der Waals surface area (Å²) in [6.45, 7) is 4.14. The molecule has 2 aliphatic rings. The summed E-state index contributed by atoms with van der Waals surface area (Å²) >= 11 is 0. The fourth-order valence-electron chi connectivity index (χ4n) is 4.91. The zero-order valence-corrected chi connectivity index (χ0v) is 20.7. The van der Waals surface area contributed by atoms with Crippen molar-refractivity contribution in [3.63, 3.8) is 0 Å². The van der Waals surface area contributed by atoms with E-state index in [-0.39, 0.29) is 30.9 Å². The summed E-state index contributed by atoms with van der Waals surface area (Å²) < 4.78 is 20.3. The van der Waals surface area contributed by atoms with Gasteiger partial charge in [0.2, 0.25) is 11.8 Å². The minimum Gasteiger partial charge on any atom is -0.442 e. The molecular weight excluding hydrogens is 477 g/mol. The number of aromatic amines is 1. The molecule has 0 radical (unpaired) electrons. The number of amides is 3. The van der Waals surface area contributed by atoms with Crippen LogP contribution in [0, 0.1) is 5.82 Å². The average molecular weight is 506 g/mol. The lowest BCUT2D eigenvalue weighted by atomic mass is 10.0. The molecular formula is C27H28FN5O4. The molecule has 0 aliphatic carbocycles. The molecule has 9 nitrogen and oxygen atoms in total. The summed E-state index contributed by atoms with van der Waals surface area (Å²) in [6, 6.07) is 12.0. The Kier molecular flexibility index (Phi) is 6.64. The maximum atomic E-state index is 15.1. The van der Waals surface area contributed by atoms with Crippen LogP contribution in [0.3, 0.4) is 0 Å². The quantitative estimate of drug-likeness (QED) is 0.526. The number of aromatic nitrogens is 2. The lowest BCUT2D eigenvalue weighted by molar-refractivity contribution is -0.129. The number of ether oxygens (including phenoxy) is 1. The van der Waals surface area contributed by atoms with Crippen molar-refractivity contribution in [2.24, 2.45) is 0 Å². The number of nitrogens with one attached hydrogen (secondary N) is 2. The van der Waals surface area contributed by atoms with E-state index in [0.29, 0.717) is 16.8 Å². The highest BCUT2D eigenvalue weighted by atomic mass is 19.1. The topological polar surface area (TPSA) is 108 Å². The van der Waals surface area contributed by atoms with Crippen LogP contribution in [0.15, 0.2) is 48.7 Å². The number of likely N-dealkylation sites (tertiary alicyclic amines) is 1. The number of nitrogens with zero attached hydrogens (tertiary/aromatic N) is 3. The number of anilines is 1. The number of halogens is 1. The van der Waals surface area contributed by atoms with Gasteiger partial charge in [-0.2, -0.15) is 0 Å². The second-order valence-corrected chi connectivity index (χ2v) is 9.35. The first-order chi connectivity index (χ1) is 17.8. The first-order valence-electron chi connectivity index (χ1n) is 12.2. The molecule has 0 saturated carbocycles. The molecule has 0 unspecified atom stereocenters. The van der Waals surface area contributed by atoms with Crippen LogP contribution in [0.1, 0.15) is 38.6 Å². The van der Waals surface area contributed by atoms with Crippen molar-refractivity contribution in [3.8, 4) is 22.4 Å². The number of hydrogen-bond donors (Lipinski definition) is 2. The second-order valence-electron chi connectivity index (χ2n) is 9.35. The van der Waals surface area contributed by atoms with Gasteiger partial charge in [-0.05, 0) is 42.2 Å². The van der Waals surface area contributed by atoms with Gasteiger partial charge in [-0.25, -0.2) is 14.2 Å². The molecule has 2 N–H and O–H groups in total. The summed E-state index contributed by atoms with van der Waals surface area (Å²) in [7, 11) is 0. The Morgan fingerprint density at radius 1 is 1.16 bits per heavy atom. The van der Waals surface area contributed by atoms with Crippen LogP contribution in [0.4, 0.5) is 14.9 Å². The van der Waals surface area contributed by atoms with E-state index >= 15 is 4.39 Å². The Bertz CT molecular complexity index is 1340. The molecule has 10 heteroatoms. The molecule has 2 saturated heterocycles. The van der Waals surface area contributed by atoms with Crippen molar-refractivity contribution in [1.29, 1.82) is 0 Å². The molecule has 3 heterocycles. The van der Waals surface area contributed by atoms with Crippen LogP contribution in [-0.4, -0.2) is 58.5 Å². The van der Waals surface area contributed by atoms with Gasteiger partial charge in [-0.15, -0.1) is 0 Å². The highest BCUT2D eigenvalue weighted by Gasteiger charge is 2.33. The number of carbonyl (C=O) groups excluding carboxylic acids is 3. The van der Waals surface area contributed by atoms with Crippen molar-refractivity contribution in [2.75, 3.05) is 24.5 Å². The van der Waals surface area contributed by atoms with Gasteiger partial charge in [-0.1, -0.05) is 24.3 Å². The molecule has 37 heavy (non-hydrogen) atoms. The molecule has 1 aromatic heterocycles. The first-order valence-corrected chi connectivity index (χ1v) is 12.2. The molecule has 0 bridgehead atoms. The zero-order chi connectivity index (χ0) is 26.1. The molecule has 2 fully saturated rings. The first kappa shape index (κ1) is 24.5. The zero-order valence-electron chi connectivity index (χ0n) is 20.7. The van der Waals surface area contributed by atoms with Crippen molar-refractivity contribution in [1.82, 2.24) is 20.2 Å². The van der Waals surface area contributed by atoms with E-state index in [9.17, 15) is 14.4 Å². The SMILES string of the molecule is CC(=O)NC[C@H]1CN(c2ccc(-c3ccc(-c4cnc([C@@H]5CCCN5C(C)=O)[nH]4)cc3)c(F)c2)C(=O)O1. The summed E-state index contributed by atoms with van der Waals surface area (Å²) in [4.78, 5) is 46.3. The Hall–Kier alpha value is -4.21. The maximum Gasteiger partial charge on any atom is 0.414 e. The van der Waals surface area contributed by atoms with Gasteiger partial charge < -0.3 is 19.9 Å². The van der Waals surface area contributed by atoms with Crippen molar-refractivity contribution in [3.05, 3.63) is 60.3 Å². The van der Waals surface area contributed by atoms with E-state index in [0.717, 1.165) is 36.5 Å². The van der Waals surface area contributed by atoms with Gasteiger partial charge in [0, 0.05) is 26.0 Å². The summed E-state index contributed by atoms with van der Waals surface area (Å²) in [5, 5.41) is 2.62. The number of imidazole rings is 1. The van der Waals surface area contributed by atoms with E-state index in [1.807, 2.05) is 29.2 Å². The van der Waals surface area contributed by atoms with Crippen molar-refractivity contribution in [2.45, 2.75) is 38.8 Å². The molecule has 3 aromatic rings. The Morgan fingerprint density at radius 2 is 1.92 bits per heavy atom. The van der Waals surface area contributed by atoms with E-state index in [4.69, 9.17) is 4.74 Å². The third-order valence-electron chi connectivity index (χ3n) is 6.79. The van der Waals surface area contributed by atoms with E-state index in [1.165, 1.54) is 17.9 Å². The van der Waals surface area contributed by atoms with Crippen LogP contribution in [0.25, 0.3) is 22.4 Å². The largest absolute Gasteiger partial charge is 0.442 e. The van der Waals surface area contributed by atoms with Gasteiger partial charge >= 0.3 is 6.09 Å². The van der Waals surface area contributed by atoms with Crippen LogP contribution in [0.2, 0.25) is 0 Å². The van der Waals surface area contributed by atoms with Crippen LogP contribution in [-0.2, 0) is 14.3 Å². The van der Waals surface area contributed by atoms with Crippen molar-refractivity contribution < 1.29 is 23.5 Å². The molecule has 3 amide bonds. The van der Waals surface area contributed by atoms with E-state index in [2.05, 4.69) is 15.3 Å². The number of benzene rings is 2. The molecule has 2 aromatic carbocycles. The fourth-order valence-corrected chi connectivity index (χ4v) is 4.91. The molecule has 2 atom stereocenters. The lowest BCUT2D eigenvalue weighted by Crippen LogP contribution is -2.33. The fraction of sp³-hybridized carbons (Fsp3) is 0.333. The maximum absolute atomic E-state index is 15.1. The van der Waals surface area contributed by atoms with Gasteiger partial charge in [0.1, 0.15) is 17.7 Å². The van der Waals surface area contributed by atoms with Gasteiger partial charge in [-0.3, -0.25) is 14.5 Å². The Morgan fingerprint density at radius 3 is 2.62 bits per heavy atom. The number of H-pyrrole nitrogens is 1. The van der Waals surface area contributed by atoms with Crippen molar-refractivity contribution >= 4 is 23.6 Å². The molecule has 5 rings (SSSR count). The molecule has 192 valence electrons. The Labute approximate surface area is 213 Å². The summed E-state index contributed by atoms with van der Waals surface area (Å²) in [6.07, 6.45) is 2.52. The monoisotopic (exact) mass is 505 g/mol. The Balaban J connectivity index is 1.29. The van der Waals surface area contributed by atoms with Gasteiger partial charge in [0.25, 0.3) is 0 Å². The minimum atomic E-state index is -0.574. The van der Waals surface area contributed by atoms with Crippen LogP contribution >= 0.6 is 0 Å². The predicted molar refractivity (Wildman–Crippen MR) is 135 cm³/mol. The third kappa shape index (κ3) is 5.04. The summed E-state index contributed by atoms with van der Waals surface area (Å²) in [5.74, 6) is 0.146. The number of hydrogen-bond acceptors (Lipinski definition) is 5. The third-order valence-corrected chi connectivity index (χ3v) is 6.79. The molecule has 2 aliphatic heterocycles. The summed E-state index contributed by atoms with van der Waals surface area (Å²) in [5.41, 5.74) is 3.22. The van der Waals surface area contributed by atoms with Crippen LogP contribution in [0.5, 0.6) is 0 Å². The van der Waals surface area contributed by atoms with Gasteiger partial charge in [0.05, 0.1) is 36.7 Å². The second kappa shape index (κ2) is 10.0. The lowest BCUT2D eigenvalue weighted by Gasteiger charge is -2.21. The number of rotatable bonds is 6. The average Bonchev–Trinajstić information content (AvgIpc) is 3.62. The normalized spacial score (nSPS) is 19.3. The highest BCUT2D eigenvalue weighted by Crippen LogP contribution is 2.33. The van der Waals surface area contributed by atoms with Gasteiger partial charge in [0.15, 0.2) is 0 Å². The smallest absolute Gasteiger partial charge is 0.414 e. The van der Waals surface area contributed by atoms with E-state index < -0.39 is 18.0 Å². The standard InChI is InChI=1S/C27H28FN5O4/c1-16(34)29-13-21-15-33(27(36)37-21)20-9-10-22(23(28)12-20)18-5-7-19(8-6-18)24-14-30-26(31-24)25-4-3-11-32(25)17(2)35/h5-10,12,14,21,25H,3-4,11,13,15H2,1-2H3,(H,29,34)(H,30,31)/t21-,25-/m0/s1. The van der Waals surface area contributed by atoms with Crippen LogP contribution < -0.4 is 10.2 Å². The molecule has 0 spiro atoms. The number of cyclic esters (lactones) is 1. The highest BCUT2D eigenvalue weighted by molar-refractivity contribution is 5.90. The number of carbonyl (C=O) groups is 3. The minimum absolute atomic E-state index is 0.0355. The predicted octanol–water partition coefficient (Wildman–Crippen LogP) is 4.03. The van der Waals surface area contributed by atoms with E-state index in [1.54, 1.807) is 25.3 Å².